The Hall–Kier alpha value is -0.570. The number of aryl methyl sites for hydroxylation is 1. The van der Waals surface area contributed by atoms with Crippen LogP contribution in [0.1, 0.15) is 30.0 Å². The van der Waals surface area contributed by atoms with E-state index in [4.69, 9.17) is 0 Å². The van der Waals surface area contributed by atoms with Crippen LogP contribution in [0.15, 0.2) is 24.3 Å². The minimum absolute atomic E-state index is 0. The van der Waals surface area contributed by atoms with Crippen LogP contribution in [0.5, 0.6) is 0 Å². The summed E-state index contributed by atoms with van der Waals surface area (Å²) >= 11 is 0. The maximum atomic E-state index is 9.56. The molecule has 0 saturated carbocycles. The highest BCUT2D eigenvalue weighted by molar-refractivity contribution is 5.85. The average Bonchev–Trinajstić information content (AvgIpc) is 2.19. The molecule has 0 amide bonds. The van der Waals surface area contributed by atoms with Gasteiger partial charge in [-0.3, -0.25) is 0 Å². The largest absolute Gasteiger partial charge is 0.393 e. The molecule has 2 rings (SSSR count). The zero-order valence-corrected chi connectivity index (χ0v) is 9.76. The van der Waals surface area contributed by atoms with Crippen molar-refractivity contribution in [1.29, 1.82) is 0 Å². The molecule has 1 aromatic carbocycles. The molecule has 1 fully saturated rings. The number of benzene rings is 1. The van der Waals surface area contributed by atoms with Crippen molar-refractivity contribution in [2.45, 2.75) is 31.9 Å². The fraction of sp³-hybridized carbons (Fsp3) is 0.500. The SMILES string of the molecule is Cc1ccc(C2CC(O)CCN2)cc1.Cl. The van der Waals surface area contributed by atoms with E-state index in [1.165, 1.54) is 11.1 Å². The molecule has 1 saturated heterocycles. The molecule has 0 aliphatic carbocycles. The molecule has 1 aliphatic heterocycles. The molecule has 3 heteroatoms. The standard InChI is InChI=1S/C12H17NO.ClH/c1-9-2-4-10(5-3-9)12-8-11(14)6-7-13-12;/h2-5,11-14H,6-8H2,1H3;1H. The van der Waals surface area contributed by atoms with Gasteiger partial charge in [0.15, 0.2) is 0 Å². The van der Waals surface area contributed by atoms with Crippen LogP contribution in [0, 0.1) is 6.92 Å². The topological polar surface area (TPSA) is 32.3 Å². The summed E-state index contributed by atoms with van der Waals surface area (Å²) in [6.07, 6.45) is 1.58. The quantitative estimate of drug-likeness (QED) is 0.771. The monoisotopic (exact) mass is 227 g/mol. The van der Waals surface area contributed by atoms with Gasteiger partial charge in [-0.2, -0.15) is 0 Å². The minimum atomic E-state index is -0.137. The molecule has 84 valence electrons. The van der Waals surface area contributed by atoms with E-state index in [-0.39, 0.29) is 18.5 Å². The van der Waals surface area contributed by atoms with Crippen LogP contribution in [0.4, 0.5) is 0 Å². The second-order valence-corrected chi connectivity index (χ2v) is 4.10. The third-order valence-electron chi connectivity index (χ3n) is 2.86. The lowest BCUT2D eigenvalue weighted by atomic mass is 9.95. The first-order chi connectivity index (χ1) is 6.75. The molecule has 2 nitrogen and oxygen atoms in total. The van der Waals surface area contributed by atoms with Crippen LogP contribution in [0.25, 0.3) is 0 Å². The molecule has 0 bridgehead atoms. The molecule has 1 aliphatic rings. The summed E-state index contributed by atoms with van der Waals surface area (Å²) in [5.41, 5.74) is 2.57. The summed E-state index contributed by atoms with van der Waals surface area (Å²) < 4.78 is 0. The van der Waals surface area contributed by atoms with Crippen molar-refractivity contribution in [3.63, 3.8) is 0 Å². The van der Waals surface area contributed by atoms with Gasteiger partial charge < -0.3 is 10.4 Å². The van der Waals surface area contributed by atoms with Crippen LogP contribution < -0.4 is 5.32 Å². The number of piperidine rings is 1. The first-order valence-corrected chi connectivity index (χ1v) is 5.24. The third-order valence-corrected chi connectivity index (χ3v) is 2.86. The van der Waals surface area contributed by atoms with Crippen molar-refractivity contribution in [1.82, 2.24) is 5.32 Å². The van der Waals surface area contributed by atoms with Gasteiger partial charge in [0.2, 0.25) is 0 Å². The first-order valence-electron chi connectivity index (χ1n) is 5.24. The van der Waals surface area contributed by atoms with E-state index in [1.807, 2.05) is 0 Å². The maximum absolute atomic E-state index is 9.56. The number of hydrogen-bond donors (Lipinski definition) is 2. The second-order valence-electron chi connectivity index (χ2n) is 4.10. The zero-order valence-electron chi connectivity index (χ0n) is 8.94. The predicted octanol–water partition coefficient (Wildman–Crippen LogP) is 2.20. The van der Waals surface area contributed by atoms with Crippen molar-refractivity contribution in [3.05, 3.63) is 35.4 Å². The van der Waals surface area contributed by atoms with Crippen molar-refractivity contribution < 1.29 is 5.11 Å². The lowest BCUT2D eigenvalue weighted by molar-refractivity contribution is 0.117. The van der Waals surface area contributed by atoms with Crippen LogP contribution in [-0.4, -0.2) is 17.8 Å². The Bertz CT molecular complexity index is 299. The van der Waals surface area contributed by atoms with Crippen LogP contribution in [0.3, 0.4) is 0 Å². The number of hydrogen-bond acceptors (Lipinski definition) is 2. The second kappa shape index (κ2) is 5.50. The molecule has 0 aromatic heterocycles. The van der Waals surface area contributed by atoms with Gasteiger partial charge in [0.1, 0.15) is 0 Å². The number of nitrogens with one attached hydrogen (secondary N) is 1. The molecular weight excluding hydrogens is 210 g/mol. The molecule has 2 atom stereocenters. The lowest BCUT2D eigenvalue weighted by Crippen LogP contribution is -2.34. The number of halogens is 1. The Morgan fingerprint density at radius 3 is 2.53 bits per heavy atom. The van der Waals surface area contributed by atoms with E-state index in [2.05, 4.69) is 36.5 Å². The van der Waals surface area contributed by atoms with Gasteiger partial charge in [0, 0.05) is 6.04 Å². The highest BCUT2D eigenvalue weighted by Crippen LogP contribution is 2.23. The van der Waals surface area contributed by atoms with Gasteiger partial charge in [0.25, 0.3) is 0 Å². The Balaban J connectivity index is 0.00000112. The number of aliphatic hydroxyl groups is 1. The Morgan fingerprint density at radius 1 is 1.27 bits per heavy atom. The Labute approximate surface area is 97.1 Å². The lowest BCUT2D eigenvalue weighted by Gasteiger charge is -2.27. The molecule has 0 radical (unpaired) electrons. The first kappa shape index (κ1) is 12.5. The van der Waals surface area contributed by atoms with Gasteiger partial charge in [-0.05, 0) is 31.9 Å². The number of aliphatic hydroxyl groups excluding tert-OH is 1. The fourth-order valence-corrected chi connectivity index (χ4v) is 1.95. The molecule has 1 heterocycles. The van der Waals surface area contributed by atoms with E-state index in [0.717, 1.165) is 19.4 Å². The molecule has 0 spiro atoms. The minimum Gasteiger partial charge on any atom is -0.393 e. The summed E-state index contributed by atoms with van der Waals surface area (Å²) in [4.78, 5) is 0. The van der Waals surface area contributed by atoms with Crippen molar-refractivity contribution >= 4 is 12.4 Å². The highest BCUT2D eigenvalue weighted by atomic mass is 35.5. The van der Waals surface area contributed by atoms with E-state index >= 15 is 0 Å². The molecule has 15 heavy (non-hydrogen) atoms. The summed E-state index contributed by atoms with van der Waals surface area (Å²) in [5, 5.41) is 13.0. The van der Waals surface area contributed by atoms with Crippen molar-refractivity contribution in [2.24, 2.45) is 0 Å². The normalized spacial score (nSPS) is 25.7. The van der Waals surface area contributed by atoms with Crippen LogP contribution in [0.2, 0.25) is 0 Å². The van der Waals surface area contributed by atoms with Crippen molar-refractivity contribution in [3.8, 4) is 0 Å². The summed E-state index contributed by atoms with van der Waals surface area (Å²) in [5.74, 6) is 0. The van der Waals surface area contributed by atoms with E-state index < -0.39 is 0 Å². The highest BCUT2D eigenvalue weighted by Gasteiger charge is 2.20. The van der Waals surface area contributed by atoms with Gasteiger partial charge in [-0.15, -0.1) is 12.4 Å². The predicted molar refractivity (Wildman–Crippen MR) is 64.4 cm³/mol. The Kier molecular flexibility index (Phi) is 4.58. The van der Waals surface area contributed by atoms with Gasteiger partial charge in [-0.25, -0.2) is 0 Å². The molecule has 2 unspecified atom stereocenters. The summed E-state index contributed by atoms with van der Waals surface area (Å²) in [6, 6.07) is 8.87. The van der Waals surface area contributed by atoms with E-state index in [1.54, 1.807) is 0 Å². The molecule has 1 aromatic rings. The number of rotatable bonds is 1. The summed E-state index contributed by atoms with van der Waals surface area (Å²) in [6.45, 7) is 3.01. The Morgan fingerprint density at radius 2 is 1.93 bits per heavy atom. The zero-order chi connectivity index (χ0) is 9.97. The van der Waals surface area contributed by atoms with Crippen LogP contribution in [-0.2, 0) is 0 Å². The van der Waals surface area contributed by atoms with Gasteiger partial charge >= 0.3 is 0 Å². The van der Waals surface area contributed by atoms with Gasteiger partial charge in [-0.1, -0.05) is 29.8 Å². The average molecular weight is 228 g/mol. The van der Waals surface area contributed by atoms with Crippen molar-refractivity contribution in [2.75, 3.05) is 6.54 Å². The fourth-order valence-electron chi connectivity index (χ4n) is 1.95. The van der Waals surface area contributed by atoms with Gasteiger partial charge in [0.05, 0.1) is 6.10 Å². The summed E-state index contributed by atoms with van der Waals surface area (Å²) in [7, 11) is 0. The van der Waals surface area contributed by atoms with E-state index in [0.29, 0.717) is 6.04 Å². The third kappa shape index (κ3) is 3.20. The smallest absolute Gasteiger partial charge is 0.0570 e. The molecule has 2 N–H and O–H groups in total. The molecular formula is C12H18ClNO. The van der Waals surface area contributed by atoms with E-state index in [9.17, 15) is 5.11 Å². The van der Waals surface area contributed by atoms with Crippen LogP contribution >= 0.6 is 12.4 Å². The maximum Gasteiger partial charge on any atom is 0.0570 e.